The summed E-state index contributed by atoms with van der Waals surface area (Å²) >= 11 is 0. The van der Waals surface area contributed by atoms with Crippen LogP contribution < -0.4 is 0 Å². The van der Waals surface area contributed by atoms with Crippen LogP contribution in [0.15, 0.2) is 30.3 Å². The number of nitrogens with zero attached hydrogens (tertiary/aromatic N) is 1. The molecule has 1 heterocycles. The highest BCUT2D eigenvalue weighted by Gasteiger charge is 2.40. The Kier molecular flexibility index (Phi) is 4.44. The number of rotatable bonds is 3. The first-order chi connectivity index (χ1) is 10.2. The fraction of sp³-hybridized carbons (Fsp3) is 0.588. The van der Waals surface area contributed by atoms with Crippen molar-refractivity contribution in [2.75, 3.05) is 13.1 Å². The van der Waals surface area contributed by atoms with E-state index in [0.717, 1.165) is 5.56 Å². The number of aliphatic hydroxyl groups is 1. The highest BCUT2D eigenvalue weighted by molar-refractivity contribution is 5.68. The second-order valence-corrected chi connectivity index (χ2v) is 6.22. The molecule has 1 aliphatic carbocycles. The lowest BCUT2D eigenvalue weighted by Gasteiger charge is -2.20. The fourth-order valence-electron chi connectivity index (χ4n) is 3.62. The first-order valence-corrected chi connectivity index (χ1v) is 7.88. The molecule has 1 saturated carbocycles. The Morgan fingerprint density at radius 3 is 2.62 bits per heavy atom. The zero-order chi connectivity index (χ0) is 14.7. The van der Waals surface area contributed by atoms with Gasteiger partial charge in [-0.1, -0.05) is 56.0 Å². The molecule has 1 N–H and O–H groups in total. The number of benzene rings is 1. The van der Waals surface area contributed by atoms with E-state index in [9.17, 15) is 9.90 Å². The summed E-state index contributed by atoms with van der Waals surface area (Å²) in [4.78, 5) is 13.8. The summed E-state index contributed by atoms with van der Waals surface area (Å²) in [5.74, 6) is 0.809. The molecule has 2 fully saturated rings. The molecule has 1 aromatic rings. The van der Waals surface area contributed by atoms with Gasteiger partial charge in [0.25, 0.3) is 0 Å². The predicted molar refractivity (Wildman–Crippen MR) is 79.7 cm³/mol. The topological polar surface area (TPSA) is 49.8 Å². The van der Waals surface area contributed by atoms with Gasteiger partial charge in [0.15, 0.2) is 0 Å². The smallest absolute Gasteiger partial charge is 0.410 e. The number of amides is 1. The summed E-state index contributed by atoms with van der Waals surface area (Å²) in [5, 5.41) is 10.2. The van der Waals surface area contributed by atoms with E-state index in [1.807, 2.05) is 30.3 Å². The van der Waals surface area contributed by atoms with E-state index in [1.165, 1.54) is 25.7 Å². The van der Waals surface area contributed by atoms with Crippen LogP contribution in [-0.2, 0) is 11.3 Å². The summed E-state index contributed by atoms with van der Waals surface area (Å²) < 4.78 is 5.35. The van der Waals surface area contributed by atoms with Crippen molar-refractivity contribution in [3.63, 3.8) is 0 Å². The lowest BCUT2D eigenvalue weighted by molar-refractivity contribution is 0.0954. The molecule has 2 atom stereocenters. The average Bonchev–Trinajstić information content (AvgIpc) is 3.15. The predicted octanol–water partition coefficient (Wildman–Crippen LogP) is 2.81. The Morgan fingerprint density at radius 2 is 1.90 bits per heavy atom. The lowest BCUT2D eigenvalue weighted by Crippen LogP contribution is -2.30. The van der Waals surface area contributed by atoms with Crippen LogP contribution in [0.5, 0.6) is 0 Å². The minimum absolute atomic E-state index is 0.233. The second-order valence-electron chi connectivity index (χ2n) is 6.22. The van der Waals surface area contributed by atoms with Gasteiger partial charge in [0.1, 0.15) is 6.61 Å². The number of carbonyl (C=O) groups is 1. The van der Waals surface area contributed by atoms with Crippen LogP contribution in [0.25, 0.3) is 0 Å². The molecule has 114 valence electrons. The minimum Gasteiger partial charge on any atom is -0.445 e. The quantitative estimate of drug-likeness (QED) is 0.931. The van der Waals surface area contributed by atoms with E-state index in [2.05, 4.69) is 0 Å². The molecule has 4 nitrogen and oxygen atoms in total. The van der Waals surface area contributed by atoms with Crippen molar-refractivity contribution in [3.8, 4) is 0 Å². The van der Waals surface area contributed by atoms with Crippen LogP contribution in [0, 0.1) is 11.8 Å². The maximum Gasteiger partial charge on any atom is 0.410 e. The SMILES string of the molecule is O=C(OCc1ccccc1)N1C[C@@H](O)[C@H](C2CCCC2)C1. The zero-order valence-corrected chi connectivity index (χ0v) is 12.3. The van der Waals surface area contributed by atoms with Gasteiger partial charge in [-0.05, 0) is 11.5 Å². The Hall–Kier alpha value is -1.55. The zero-order valence-electron chi connectivity index (χ0n) is 12.3. The van der Waals surface area contributed by atoms with E-state index < -0.39 is 6.10 Å². The molecule has 1 amide bonds. The van der Waals surface area contributed by atoms with Crippen molar-refractivity contribution in [2.45, 2.75) is 38.4 Å². The maximum absolute atomic E-state index is 12.1. The Morgan fingerprint density at radius 1 is 1.19 bits per heavy atom. The highest BCUT2D eigenvalue weighted by Crippen LogP contribution is 2.36. The van der Waals surface area contributed by atoms with E-state index in [4.69, 9.17) is 4.74 Å². The highest BCUT2D eigenvalue weighted by atomic mass is 16.6. The molecule has 2 aliphatic rings. The van der Waals surface area contributed by atoms with Crippen LogP contribution in [-0.4, -0.2) is 35.3 Å². The molecule has 1 aromatic carbocycles. The largest absolute Gasteiger partial charge is 0.445 e. The molecule has 21 heavy (non-hydrogen) atoms. The van der Waals surface area contributed by atoms with E-state index in [-0.39, 0.29) is 12.0 Å². The summed E-state index contributed by atoms with van der Waals surface area (Å²) in [6.45, 7) is 1.34. The number of aliphatic hydroxyl groups excluding tert-OH is 1. The van der Waals surface area contributed by atoms with Crippen LogP contribution in [0.3, 0.4) is 0 Å². The third-order valence-electron chi connectivity index (χ3n) is 4.80. The summed E-state index contributed by atoms with van der Waals surface area (Å²) in [5.41, 5.74) is 0.984. The van der Waals surface area contributed by atoms with Gasteiger partial charge >= 0.3 is 6.09 Å². The molecule has 0 unspecified atom stereocenters. The third-order valence-corrected chi connectivity index (χ3v) is 4.80. The van der Waals surface area contributed by atoms with Crippen molar-refractivity contribution >= 4 is 6.09 Å². The molecular formula is C17H23NO3. The van der Waals surface area contributed by atoms with Crippen molar-refractivity contribution in [3.05, 3.63) is 35.9 Å². The van der Waals surface area contributed by atoms with Crippen molar-refractivity contribution in [2.24, 2.45) is 11.8 Å². The van der Waals surface area contributed by atoms with Gasteiger partial charge in [0.05, 0.1) is 12.6 Å². The number of β-amino-alcohol motifs (C(OH)–C–C–N with tert-alkyl or cyclic N) is 1. The number of ether oxygens (including phenoxy) is 1. The summed E-state index contributed by atoms with van der Waals surface area (Å²) in [6, 6.07) is 9.67. The van der Waals surface area contributed by atoms with Gasteiger partial charge in [0, 0.05) is 12.5 Å². The van der Waals surface area contributed by atoms with Gasteiger partial charge in [-0.15, -0.1) is 0 Å². The number of likely N-dealkylation sites (tertiary alicyclic amines) is 1. The Labute approximate surface area is 125 Å². The monoisotopic (exact) mass is 289 g/mol. The molecule has 1 saturated heterocycles. The minimum atomic E-state index is -0.391. The van der Waals surface area contributed by atoms with E-state index in [1.54, 1.807) is 4.90 Å². The number of carbonyl (C=O) groups excluding carboxylic acids is 1. The van der Waals surface area contributed by atoms with E-state index in [0.29, 0.717) is 25.6 Å². The van der Waals surface area contributed by atoms with Crippen LogP contribution >= 0.6 is 0 Å². The van der Waals surface area contributed by atoms with Crippen LogP contribution in [0.4, 0.5) is 4.79 Å². The van der Waals surface area contributed by atoms with Crippen molar-refractivity contribution in [1.29, 1.82) is 0 Å². The van der Waals surface area contributed by atoms with Crippen LogP contribution in [0.1, 0.15) is 31.2 Å². The molecule has 1 aliphatic heterocycles. The van der Waals surface area contributed by atoms with Gasteiger partial charge < -0.3 is 14.7 Å². The average molecular weight is 289 g/mol. The molecule has 4 heteroatoms. The first kappa shape index (κ1) is 14.4. The summed E-state index contributed by atoms with van der Waals surface area (Å²) in [7, 11) is 0. The molecule has 0 spiro atoms. The maximum atomic E-state index is 12.1. The van der Waals surface area contributed by atoms with Gasteiger partial charge in [-0.3, -0.25) is 0 Å². The van der Waals surface area contributed by atoms with Crippen molar-refractivity contribution in [1.82, 2.24) is 4.90 Å². The molecule has 0 aromatic heterocycles. The number of hydrogen-bond donors (Lipinski definition) is 1. The number of hydrogen-bond acceptors (Lipinski definition) is 3. The normalized spacial score (nSPS) is 26.2. The van der Waals surface area contributed by atoms with E-state index >= 15 is 0 Å². The standard InChI is InChI=1S/C17H23NO3/c19-16-11-18(10-15(16)14-8-4-5-9-14)17(20)21-12-13-6-2-1-3-7-13/h1-3,6-7,14-16,19H,4-5,8-12H2/t15-,16+/m0/s1. The fourth-order valence-corrected chi connectivity index (χ4v) is 3.62. The molecule has 0 bridgehead atoms. The second kappa shape index (κ2) is 6.48. The Balaban J connectivity index is 1.51. The van der Waals surface area contributed by atoms with Gasteiger partial charge in [0.2, 0.25) is 0 Å². The molecule has 0 radical (unpaired) electrons. The summed E-state index contributed by atoms with van der Waals surface area (Å²) in [6.07, 6.45) is 4.19. The third kappa shape index (κ3) is 3.38. The van der Waals surface area contributed by atoms with Gasteiger partial charge in [-0.25, -0.2) is 4.79 Å². The van der Waals surface area contributed by atoms with Crippen LogP contribution in [0.2, 0.25) is 0 Å². The molecule has 3 rings (SSSR count). The van der Waals surface area contributed by atoms with Crippen molar-refractivity contribution < 1.29 is 14.6 Å². The van der Waals surface area contributed by atoms with Gasteiger partial charge in [-0.2, -0.15) is 0 Å². The first-order valence-electron chi connectivity index (χ1n) is 7.88. The molecular weight excluding hydrogens is 266 g/mol. The Bertz CT molecular complexity index is 470. The lowest BCUT2D eigenvalue weighted by atomic mass is 9.88.